The predicted molar refractivity (Wildman–Crippen MR) is 50.4 cm³/mol. The molecule has 0 heterocycles. The first-order valence-corrected chi connectivity index (χ1v) is 6.46. The number of unbranched alkanes of at least 4 members (excludes halogenated alkanes) is 1. The van der Waals surface area contributed by atoms with Crippen molar-refractivity contribution >= 4 is 18.5 Å². The molecule has 0 atom stereocenters. The van der Waals surface area contributed by atoms with Gasteiger partial charge in [0.25, 0.3) is 0 Å². The third kappa shape index (κ3) is 10.5. The molecule has 6 heteroatoms. The Morgan fingerprint density at radius 2 is 1.92 bits per heavy atom. The van der Waals surface area contributed by atoms with Crippen molar-refractivity contribution in [2.24, 2.45) is 0 Å². The predicted octanol–water partition coefficient (Wildman–Crippen LogP) is 1.03. The van der Waals surface area contributed by atoms with E-state index in [1.165, 1.54) is 0 Å². The highest BCUT2D eigenvalue weighted by Crippen LogP contribution is 2.35. The summed E-state index contributed by atoms with van der Waals surface area (Å²) in [6.45, 7) is -0.210. The lowest BCUT2D eigenvalue weighted by Gasteiger charge is -2.08. The fourth-order valence-electron chi connectivity index (χ4n) is 0.564. The molecule has 0 rings (SSSR count). The van der Waals surface area contributed by atoms with E-state index < -0.39 is 6.72 Å². The van der Waals surface area contributed by atoms with Gasteiger partial charge in [-0.25, -0.2) is 0 Å². The van der Waals surface area contributed by atoms with Crippen molar-refractivity contribution in [2.45, 2.75) is 19.8 Å². The fourth-order valence-corrected chi connectivity index (χ4v) is 1.10. The van der Waals surface area contributed by atoms with Crippen LogP contribution in [0.25, 0.3) is 0 Å². The van der Waals surface area contributed by atoms with Gasteiger partial charge in [0.15, 0.2) is 0 Å². The number of rotatable bonds is 7. The maximum Gasteiger partial charge on any atom is 0.321 e. The average molecular weight is 214 g/mol. The van der Waals surface area contributed by atoms with Crippen LogP contribution in [-0.4, -0.2) is 29.6 Å². The van der Waals surface area contributed by atoms with E-state index in [1.54, 1.807) is 0 Å². The molecule has 0 fully saturated rings. The summed E-state index contributed by atoms with van der Waals surface area (Å²) in [6, 6.07) is 0. The average Bonchev–Trinajstić information content (AvgIpc) is 1.94. The van der Waals surface area contributed by atoms with Crippen molar-refractivity contribution in [3.05, 3.63) is 0 Å². The lowest BCUT2D eigenvalue weighted by atomic mass is 10.4. The van der Waals surface area contributed by atoms with Crippen LogP contribution in [0.1, 0.15) is 19.8 Å². The fraction of sp³-hybridized carbons (Fsp3) is 1.00. The molecule has 0 unspecified atom stereocenters. The molecule has 0 aliphatic rings. The van der Waals surface area contributed by atoms with Crippen LogP contribution in [0.3, 0.4) is 0 Å². The van der Waals surface area contributed by atoms with Gasteiger partial charge in [-0.1, -0.05) is 13.3 Å². The summed E-state index contributed by atoms with van der Waals surface area (Å²) < 4.78 is 9.62. The molecule has 0 aliphatic carbocycles. The summed E-state index contributed by atoms with van der Waals surface area (Å²) >= 11 is 4.23. The van der Waals surface area contributed by atoms with Gasteiger partial charge in [-0.2, -0.15) is 0 Å². The summed E-state index contributed by atoms with van der Waals surface area (Å²) in [4.78, 5) is 17.2. The Bertz CT molecular complexity index is 146. The lowest BCUT2D eigenvalue weighted by molar-refractivity contribution is 0.0924. The SMILES string of the molecule is CCCCOCCOP(O)(O)=S. The van der Waals surface area contributed by atoms with E-state index in [4.69, 9.17) is 14.5 Å². The molecule has 0 spiro atoms. The first kappa shape index (κ1) is 12.5. The molecule has 0 aromatic rings. The molecule has 0 aromatic heterocycles. The molecule has 12 heavy (non-hydrogen) atoms. The van der Waals surface area contributed by atoms with Gasteiger partial charge in [0.2, 0.25) is 0 Å². The second-order valence-corrected chi connectivity index (χ2v) is 4.96. The summed E-state index contributed by atoms with van der Waals surface area (Å²) in [6.07, 6.45) is 2.09. The van der Waals surface area contributed by atoms with Crippen LogP contribution in [-0.2, 0) is 21.1 Å². The zero-order chi connectivity index (χ0) is 9.45. The van der Waals surface area contributed by atoms with E-state index in [0.29, 0.717) is 13.2 Å². The quantitative estimate of drug-likeness (QED) is 0.489. The van der Waals surface area contributed by atoms with Crippen LogP contribution in [0.2, 0.25) is 0 Å². The zero-order valence-corrected chi connectivity index (χ0v) is 8.81. The molecule has 2 N–H and O–H groups in total. The topological polar surface area (TPSA) is 58.9 Å². The Kier molecular flexibility index (Phi) is 7.23. The summed E-state index contributed by atoms with van der Waals surface area (Å²) in [5.74, 6) is 0. The van der Waals surface area contributed by atoms with Gasteiger partial charge in [0.05, 0.1) is 13.2 Å². The van der Waals surface area contributed by atoms with Crippen LogP contribution in [0, 0.1) is 0 Å². The second-order valence-electron chi connectivity index (χ2n) is 2.29. The molecule has 0 aromatic carbocycles. The summed E-state index contributed by atoms with van der Waals surface area (Å²) in [5.41, 5.74) is 0. The van der Waals surface area contributed by atoms with Gasteiger partial charge >= 0.3 is 6.72 Å². The van der Waals surface area contributed by atoms with Crippen molar-refractivity contribution in [2.75, 3.05) is 19.8 Å². The maximum absolute atomic E-state index is 8.62. The third-order valence-electron chi connectivity index (χ3n) is 1.13. The maximum atomic E-state index is 8.62. The normalized spacial score (nSPS) is 11.9. The molecule has 0 aliphatic heterocycles. The smallest absolute Gasteiger partial charge is 0.321 e. The first-order valence-electron chi connectivity index (χ1n) is 3.84. The summed E-state index contributed by atoms with van der Waals surface area (Å²) in [5, 5.41) is 0. The van der Waals surface area contributed by atoms with Crippen LogP contribution >= 0.6 is 6.72 Å². The molecule has 0 saturated heterocycles. The zero-order valence-electron chi connectivity index (χ0n) is 7.10. The van der Waals surface area contributed by atoms with Crippen LogP contribution < -0.4 is 0 Å². The molecule has 0 bridgehead atoms. The van der Waals surface area contributed by atoms with E-state index in [1.807, 2.05) is 0 Å². The first-order chi connectivity index (χ1) is 5.56. The van der Waals surface area contributed by atoms with Crippen molar-refractivity contribution in [1.82, 2.24) is 0 Å². The van der Waals surface area contributed by atoms with Gasteiger partial charge in [-0.15, -0.1) is 0 Å². The molecule has 0 amide bonds. The van der Waals surface area contributed by atoms with Crippen molar-refractivity contribution in [3.8, 4) is 0 Å². The molecular weight excluding hydrogens is 199 g/mol. The Hall–Kier alpha value is 0.490. The van der Waals surface area contributed by atoms with Crippen LogP contribution in [0.4, 0.5) is 0 Å². The van der Waals surface area contributed by atoms with Gasteiger partial charge in [-0.3, -0.25) is 0 Å². The van der Waals surface area contributed by atoms with Crippen LogP contribution in [0.5, 0.6) is 0 Å². The Balaban J connectivity index is 3.06. The molecule has 74 valence electrons. The Morgan fingerprint density at radius 3 is 2.42 bits per heavy atom. The van der Waals surface area contributed by atoms with Crippen molar-refractivity contribution < 1.29 is 19.0 Å². The van der Waals surface area contributed by atoms with Gasteiger partial charge in [0.1, 0.15) is 0 Å². The monoisotopic (exact) mass is 214 g/mol. The van der Waals surface area contributed by atoms with E-state index in [9.17, 15) is 0 Å². The lowest BCUT2D eigenvalue weighted by Crippen LogP contribution is -2.03. The number of hydrogen-bond donors (Lipinski definition) is 2. The third-order valence-corrected chi connectivity index (χ3v) is 1.96. The molecule has 0 radical (unpaired) electrons. The van der Waals surface area contributed by atoms with Crippen molar-refractivity contribution in [1.29, 1.82) is 0 Å². The highest BCUT2D eigenvalue weighted by molar-refractivity contribution is 8.06. The summed E-state index contributed by atoms with van der Waals surface area (Å²) in [7, 11) is 0. The van der Waals surface area contributed by atoms with Gasteiger partial charge in [0, 0.05) is 6.61 Å². The van der Waals surface area contributed by atoms with Gasteiger partial charge in [-0.05, 0) is 18.2 Å². The largest absolute Gasteiger partial charge is 0.379 e. The minimum Gasteiger partial charge on any atom is -0.379 e. The minimum absolute atomic E-state index is 0.147. The standard InChI is InChI=1S/C6H15O4PS/c1-2-3-4-9-5-6-10-11(7,8)12/h2-6H2,1H3,(H2,7,8,12). The second kappa shape index (κ2) is 6.95. The number of ether oxygens (including phenoxy) is 1. The van der Waals surface area contributed by atoms with E-state index in [-0.39, 0.29) is 6.61 Å². The Morgan fingerprint density at radius 1 is 1.25 bits per heavy atom. The molecule has 4 nitrogen and oxygen atoms in total. The molecular formula is C6H15O4PS. The minimum atomic E-state index is -3.47. The van der Waals surface area contributed by atoms with E-state index in [2.05, 4.69) is 23.3 Å². The highest BCUT2D eigenvalue weighted by Gasteiger charge is 2.05. The van der Waals surface area contributed by atoms with Gasteiger partial charge < -0.3 is 19.0 Å². The van der Waals surface area contributed by atoms with E-state index >= 15 is 0 Å². The van der Waals surface area contributed by atoms with E-state index in [0.717, 1.165) is 12.8 Å². The molecule has 0 saturated carbocycles. The highest BCUT2D eigenvalue weighted by atomic mass is 32.5. The van der Waals surface area contributed by atoms with Crippen LogP contribution in [0.15, 0.2) is 0 Å². The van der Waals surface area contributed by atoms with Crippen molar-refractivity contribution in [3.63, 3.8) is 0 Å². The Labute approximate surface area is 77.8 Å². The number of hydrogen-bond acceptors (Lipinski definition) is 3.